The summed E-state index contributed by atoms with van der Waals surface area (Å²) >= 11 is 0. The second-order valence-electron chi connectivity index (χ2n) is 7.70. The molecule has 2 aromatic heterocycles. The highest BCUT2D eigenvalue weighted by molar-refractivity contribution is 6.03. The molecule has 2 aromatic rings. The van der Waals surface area contributed by atoms with E-state index in [1.54, 1.807) is 45.6 Å². The molecule has 0 aliphatic carbocycles. The first-order valence-electron chi connectivity index (χ1n) is 9.40. The summed E-state index contributed by atoms with van der Waals surface area (Å²) < 4.78 is 8.21. The summed E-state index contributed by atoms with van der Waals surface area (Å²) in [5.41, 5.74) is 0.115. The lowest BCUT2D eigenvalue weighted by molar-refractivity contribution is 0.0634. The fourth-order valence-electron chi connectivity index (χ4n) is 2.56. The summed E-state index contributed by atoms with van der Waals surface area (Å²) in [6, 6.07) is 1.54. The van der Waals surface area contributed by atoms with Crippen molar-refractivity contribution in [3.63, 3.8) is 0 Å². The van der Waals surface area contributed by atoms with Crippen molar-refractivity contribution in [3.8, 4) is 0 Å². The van der Waals surface area contributed by atoms with Gasteiger partial charge in [-0.25, -0.2) is 9.78 Å². The van der Waals surface area contributed by atoms with Crippen molar-refractivity contribution in [2.24, 2.45) is 14.1 Å². The fourth-order valence-corrected chi connectivity index (χ4v) is 2.56. The Hall–Kier alpha value is -3.34. The molecule has 11 nitrogen and oxygen atoms in total. The number of anilines is 2. The van der Waals surface area contributed by atoms with Gasteiger partial charge in [-0.15, -0.1) is 0 Å². The Morgan fingerprint density at radius 2 is 1.80 bits per heavy atom. The van der Waals surface area contributed by atoms with Crippen LogP contribution in [0, 0.1) is 0 Å². The van der Waals surface area contributed by atoms with Crippen molar-refractivity contribution in [3.05, 3.63) is 30.0 Å². The number of carbonyl (C=O) groups excluding carboxylic acids is 3. The monoisotopic (exact) mass is 420 g/mol. The molecule has 0 saturated heterocycles. The highest BCUT2D eigenvalue weighted by Crippen LogP contribution is 2.16. The predicted molar refractivity (Wildman–Crippen MR) is 110 cm³/mol. The van der Waals surface area contributed by atoms with Crippen LogP contribution >= 0.6 is 0 Å². The van der Waals surface area contributed by atoms with Crippen LogP contribution in [0.4, 0.5) is 16.3 Å². The Kier molecular flexibility index (Phi) is 7.22. The highest BCUT2D eigenvalue weighted by Gasteiger charge is 2.20. The molecule has 0 atom stereocenters. The van der Waals surface area contributed by atoms with E-state index >= 15 is 0 Å². The molecule has 30 heavy (non-hydrogen) atoms. The van der Waals surface area contributed by atoms with Gasteiger partial charge in [-0.05, 0) is 33.3 Å². The average Bonchev–Trinajstić information content (AvgIpc) is 3.15. The topological polar surface area (TPSA) is 140 Å². The molecule has 2 rings (SSSR count). The van der Waals surface area contributed by atoms with E-state index < -0.39 is 17.6 Å². The normalized spacial score (nSPS) is 11.1. The van der Waals surface area contributed by atoms with Gasteiger partial charge < -0.3 is 29.6 Å². The quantitative estimate of drug-likeness (QED) is 0.500. The first-order valence-corrected chi connectivity index (χ1v) is 9.40. The molecule has 0 unspecified atom stereocenters. The number of hydrogen-bond donors (Lipinski definition) is 4. The van der Waals surface area contributed by atoms with Crippen LogP contribution in [-0.2, 0) is 18.8 Å². The van der Waals surface area contributed by atoms with Crippen LogP contribution in [0.25, 0.3) is 0 Å². The van der Waals surface area contributed by atoms with Crippen molar-refractivity contribution >= 4 is 29.4 Å². The molecule has 0 aliphatic heterocycles. The number of aliphatic hydroxyl groups excluding tert-OH is 1. The smallest absolute Gasteiger partial charge is 0.413 e. The van der Waals surface area contributed by atoms with Gasteiger partial charge in [0.25, 0.3) is 11.8 Å². The average molecular weight is 420 g/mol. The van der Waals surface area contributed by atoms with Crippen LogP contribution in [-0.4, -0.2) is 55.9 Å². The summed E-state index contributed by atoms with van der Waals surface area (Å²) in [7, 11) is 3.30. The summed E-state index contributed by atoms with van der Waals surface area (Å²) in [6.07, 6.45) is 2.87. The van der Waals surface area contributed by atoms with E-state index in [0.29, 0.717) is 24.3 Å². The zero-order chi connectivity index (χ0) is 22.5. The second kappa shape index (κ2) is 9.44. The molecule has 0 radical (unpaired) electrons. The Bertz CT molecular complexity index is 924. The van der Waals surface area contributed by atoms with Gasteiger partial charge in [-0.1, -0.05) is 0 Å². The number of nitrogens with zero attached hydrogens (tertiary/aromatic N) is 3. The summed E-state index contributed by atoms with van der Waals surface area (Å²) in [6.45, 7) is 5.56. The van der Waals surface area contributed by atoms with Crippen molar-refractivity contribution in [2.75, 3.05) is 23.8 Å². The standard InChI is InChI=1S/C19H28N6O5/c1-19(2,3)30-18(29)23-14-11-25(5)15(22-14)17(28)21-12-9-13(24(4)10-12)16(27)20-7-6-8-26/h9-11,26H,6-8H2,1-5H3,(H,20,27)(H,21,28)(H,23,29). The van der Waals surface area contributed by atoms with E-state index in [2.05, 4.69) is 20.9 Å². The number of hydrogen-bond acceptors (Lipinski definition) is 6. The Labute approximate surface area is 174 Å². The summed E-state index contributed by atoms with van der Waals surface area (Å²) in [4.78, 5) is 40.8. The minimum absolute atomic E-state index is 0.0108. The maximum absolute atomic E-state index is 12.6. The Balaban J connectivity index is 2.04. The van der Waals surface area contributed by atoms with E-state index in [4.69, 9.17) is 9.84 Å². The first kappa shape index (κ1) is 22.9. The number of rotatable bonds is 7. The number of aromatic nitrogens is 3. The molecular weight excluding hydrogens is 392 g/mol. The molecule has 0 saturated carbocycles. The molecule has 11 heteroatoms. The lowest BCUT2D eigenvalue weighted by Crippen LogP contribution is -2.27. The first-order chi connectivity index (χ1) is 14.0. The third-order valence-electron chi connectivity index (χ3n) is 3.82. The second-order valence-corrected chi connectivity index (χ2v) is 7.70. The fraction of sp³-hybridized carbons (Fsp3) is 0.474. The largest absolute Gasteiger partial charge is 0.444 e. The van der Waals surface area contributed by atoms with Gasteiger partial charge in [0.1, 0.15) is 11.3 Å². The zero-order valence-corrected chi connectivity index (χ0v) is 17.8. The molecule has 4 N–H and O–H groups in total. The van der Waals surface area contributed by atoms with Gasteiger partial charge in [0.05, 0.1) is 5.69 Å². The van der Waals surface area contributed by atoms with Crippen LogP contribution < -0.4 is 16.0 Å². The van der Waals surface area contributed by atoms with Crippen LogP contribution in [0.15, 0.2) is 18.5 Å². The van der Waals surface area contributed by atoms with Crippen LogP contribution in [0.5, 0.6) is 0 Å². The van der Waals surface area contributed by atoms with Gasteiger partial charge in [0.2, 0.25) is 5.82 Å². The predicted octanol–water partition coefficient (Wildman–Crippen LogP) is 1.47. The minimum atomic E-state index is -0.674. The third kappa shape index (κ3) is 6.34. The molecule has 0 spiro atoms. The molecular formula is C19H28N6O5. The number of imidazole rings is 1. The summed E-state index contributed by atoms with van der Waals surface area (Å²) in [5.74, 6) is -0.576. The summed E-state index contributed by atoms with van der Waals surface area (Å²) in [5, 5.41) is 16.6. The molecule has 3 amide bonds. The van der Waals surface area contributed by atoms with Gasteiger partial charge in [-0.3, -0.25) is 14.9 Å². The van der Waals surface area contributed by atoms with Crippen molar-refractivity contribution < 1.29 is 24.2 Å². The maximum atomic E-state index is 12.6. The third-order valence-corrected chi connectivity index (χ3v) is 3.82. The molecule has 0 bridgehead atoms. The van der Waals surface area contributed by atoms with Gasteiger partial charge >= 0.3 is 6.09 Å². The van der Waals surface area contributed by atoms with E-state index in [1.165, 1.54) is 16.8 Å². The van der Waals surface area contributed by atoms with Gasteiger partial charge in [0, 0.05) is 39.6 Å². The van der Waals surface area contributed by atoms with E-state index in [1.807, 2.05) is 0 Å². The molecule has 164 valence electrons. The number of carbonyl (C=O) groups is 3. The Morgan fingerprint density at radius 1 is 1.10 bits per heavy atom. The number of aliphatic hydroxyl groups is 1. The van der Waals surface area contributed by atoms with Crippen LogP contribution in [0.1, 0.15) is 48.3 Å². The lowest BCUT2D eigenvalue weighted by Gasteiger charge is -2.18. The minimum Gasteiger partial charge on any atom is -0.444 e. The van der Waals surface area contributed by atoms with Gasteiger partial charge in [0.15, 0.2) is 5.82 Å². The van der Waals surface area contributed by atoms with E-state index in [0.717, 1.165) is 0 Å². The molecule has 0 aromatic carbocycles. The molecule has 0 aliphatic rings. The van der Waals surface area contributed by atoms with E-state index in [-0.39, 0.29) is 24.2 Å². The van der Waals surface area contributed by atoms with Gasteiger partial charge in [-0.2, -0.15) is 0 Å². The van der Waals surface area contributed by atoms with Crippen molar-refractivity contribution in [2.45, 2.75) is 32.8 Å². The zero-order valence-electron chi connectivity index (χ0n) is 17.8. The molecule has 0 fully saturated rings. The molecule has 2 heterocycles. The SMILES string of the molecule is Cn1cc(NC(=O)c2nc(NC(=O)OC(C)(C)C)cn2C)cc1C(=O)NCCCO. The van der Waals surface area contributed by atoms with Crippen LogP contribution in [0.2, 0.25) is 0 Å². The number of ether oxygens (including phenoxy) is 1. The number of nitrogens with one attached hydrogen (secondary N) is 3. The number of aryl methyl sites for hydroxylation is 2. The van der Waals surface area contributed by atoms with Crippen LogP contribution in [0.3, 0.4) is 0 Å². The maximum Gasteiger partial charge on any atom is 0.413 e. The van der Waals surface area contributed by atoms with E-state index in [9.17, 15) is 14.4 Å². The van der Waals surface area contributed by atoms with Crippen molar-refractivity contribution in [1.29, 1.82) is 0 Å². The Morgan fingerprint density at radius 3 is 2.43 bits per heavy atom. The van der Waals surface area contributed by atoms with Crippen molar-refractivity contribution in [1.82, 2.24) is 19.4 Å². The highest BCUT2D eigenvalue weighted by atomic mass is 16.6. The number of amides is 3. The lowest BCUT2D eigenvalue weighted by atomic mass is 10.2.